The first-order valence-corrected chi connectivity index (χ1v) is 9.68. The standard InChI is InChI=1S/C21H25N3O3/c25-20(22-18-5-1-2-6-19(18)23-10-3-4-11-23)16-7-12-24(13-8-16)21(26)17-9-14-27-15-17/h1-2,5-6,9,14-16H,3-4,7-8,10-13H2,(H,22,25). The number of carbonyl (C=O) groups is 2. The minimum absolute atomic E-state index is 0.0259. The molecule has 3 heterocycles. The predicted octanol–water partition coefficient (Wildman–Crippen LogP) is 3.37. The van der Waals surface area contributed by atoms with Crippen LogP contribution < -0.4 is 10.2 Å². The van der Waals surface area contributed by atoms with Crippen molar-refractivity contribution < 1.29 is 14.0 Å². The normalized spacial score (nSPS) is 17.9. The fraction of sp³-hybridized carbons (Fsp3) is 0.429. The highest BCUT2D eigenvalue weighted by Gasteiger charge is 2.29. The molecular weight excluding hydrogens is 342 g/mol. The van der Waals surface area contributed by atoms with Crippen molar-refractivity contribution in [3.05, 3.63) is 48.4 Å². The summed E-state index contributed by atoms with van der Waals surface area (Å²) >= 11 is 0. The van der Waals surface area contributed by atoms with Gasteiger partial charge in [-0.25, -0.2) is 0 Å². The van der Waals surface area contributed by atoms with E-state index in [0.29, 0.717) is 31.5 Å². The molecule has 0 spiro atoms. The van der Waals surface area contributed by atoms with E-state index in [9.17, 15) is 9.59 Å². The first-order valence-electron chi connectivity index (χ1n) is 9.68. The van der Waals surface area contributed by atoms with E-state index in [1.165, 1.54) is 25.4 Å². The number of nitrogens with one attached hydrogen (secondary N) is 1. The Labute approximate surface area is 159 Å². The molecule has 0 radical (unpaired) electrons. The van der Waals surface area contributed by atoms with Crippen molar-refractivity contribution in [1.82, 2.24) is 4.90 Å². The van der Waals surface area contributed by atoms with Gasteiger partial charge in [0.2, 0.25) is 5.91 Å². The topological polar surface area (TPSA) is 65.8 Å². The van der Waals surface area contributed by atoms with Crippen LogP contribution in [0.15, 0.2) is 47.3 Å². The largest absolute Gasteiger partial charge is 0.472 e. The van der Waals surface area contributed by atoms with E-state index in [0.717, 1.165) is 24.5 Å². The second-order valence-corrected chi connectivity index (χ2v) is 7.28. The van der Waals surface area contributed by atoms with Gasteiger partial charge in [-0.05, 0) is 43.9 Å². The van der Waals surface area contributed by atoms with Crippen LogP contribution in [0.1, 0.15) is 36.0 Å². The van der Waals surface area contributed by atoms with Crippen molar-refractivity contribution in [2.24, 2.45) is 5.92 Å². The number of carbonyl (C=O) groups excluding carboxylic acids is 2. The van der Waals surface area contributed by atoms with Crippen LogP contribution in [0.25, 0.3) is 0 Å². The Hall–Kier alpha value is -2.76. The Balaban J connectivity index is 1.36. The number of hydrogen-bond donors (Lipinski definition) is 1. The third-order valence-electron chi connectivity index (χ3n) is 5.53. The number of likely N-dealkylation sites (tertiary alicyclic amines) is 1. The highest BCUT2D eigenvalue weighted by Crippen LogP contribution is 2.30. The lowest BCUT2D eigenvalue weighted by atomic mass is 9.95. The maximum Gasteiger partial charge on any atom is 0.257 e. The number of nitrogens with zero attached hydrogens (tertiary/aromatic N) is 2. The summed E-state index contributed by atoms with van der Waals surface area (Å²) < 4.78 is 4.99. The number of rotatable bonds is 4. The molecule has 0 bridgehead atoms. The van der Waals surface area contributed by atoms with Gasteiger partial charge in [-0.3, -0.25) is 9.59 Å². The molecule has 27 heavy (non-hydrogen) atoms. The molecule has 1 N–H and O–H groups in total. The molecule has 6 nitrogen and oxygen atoms in total. The third kappa shape index (κ3) is 3.84. The second-order valence-electron chi connectivity index (χ2n) is 7.28. The molecule has 2 saturated heterocycles. The molecule has 0 atom stereocenters. The van der Waals surface area contributed by atoms with Gasteiger partial charge in [0, 0.05) is 32.1 Å². The first kappa shape index (κ1) is 17.6. The van der Waals surface area contributed by atoms with Crippen LogP contribution in [0.2, 0.25) is 0 Å². The Morgan fingerprint density at radius 1 is 1.00 bits per heavy atom. The fourth-order valence-electron chi connectivity index (χ4n) is 3.96. The molecule has 0 unspecified atom stereocenters. The van der Waals surface area contributed by atoms with Crippen LogP contribution in [-0.2, 0) is 4.79 Å². The van der Waals surface area contributed by atoms with Crippen LogP contribution >= 0.6 is 0 Å². The van der Waals surface area contributed by atoms with Crippen molar-refractivity contribution in [2.45, 2.75) is 25.7 Å². The molecule has 2 aromatic rings. The lowest BCUT2D eigenvalue weighted by molar-refractivity contribution is -0.121. The first-order chi connectivity index (χ1) is 13.2. The Morgan fingerprint density at radius 3 is 2.44 bits per heavy atom. The lowest BCUT2D eigenvalue weighted by Gasteiger charge is -2.31. The maximum atomic E-state index is 12.8. The molecule has 2 amide bonds. The van der Waals surface area contributed by atoms with Gasteiger partial charge in [0.15, 0.2) is 0 Å². The molecule has 1 aromatic heterocycles. The number of amides is 2. The number of anilines is 2. The molecular formula is C21H25N3O3. The maximum absolute atomic E-state index is 12.8. The van der Waals surface area contributed by atoms with Crippen LogP contribution in [-0.4, -0.2) is 42.9 Å². The van der Waals surface area contributed by atoms with E-state index >= 15 is 0 Å². The van der Waals surface area contributed by atoms with Crippen LogP contribution in [0.5, 0.6) is 0 Å². The van der Waals surface area contributed by atoms with Crippen molar-refractivity contribution in [2.75, 3.05) is 36.4 Å². The Kier molecular flexibility index (Phi) is 5.14. The summed E-state index contributed by atoms with van der Waals surface area (Å²) in [5.74, 6) is -0.0379. The summed E-state index contributed by atoms with van der Waals surface area (Å²) in [7, 11) is 0. The van der Waals surface area contributed by atoms with Crippen molar-refractivity contribution in [1.29, 1.82) is 0 Å². The summed E-state index contributed by atoms with van der Waals surface area (Å²) in [6.07, 6.45) is 6.74. The highest BCUT2D eigenvalue weighted by atomic mass is 16.3. The molecule has 0 saturated carbocycles. The Morgan fingerprint density at radius 2 is 1.74 bits per heavy atom. The van der Waals surface area contributed by atoms with Gasteiger partial charge in [0.1, 0.15) is 6.26 Å². The predicted molar refractivity (Wildman–Crippen MR) is 104 cm³/mol. The molecule has 4 rings (SSSR count). The zero-order valence-corrected chi connectivity index (χ0v) is 15.4. The van der Waals surface area contributed by atoms with Gasteiger partial charge in [-0.15, -0.1) is 0 Å². The van der Waals surface area contributed by atoms with Gasteiger partial charge in [-0.2, -0.15) is 0 Å². The highest BCUT2D eigenvalue weighted by molar-refractivity contribution is 5.97. The second kappa shape index (κ2) is 7.86. The van der Waals surface area contributed by atoms with Crippen LogP contribution in [0.3, 0.4) is 0 Å². The summed E-state index contributed by atoms with van der Waals surface area (Å²) in [6.45, 7) is 3.27. The minimum atomic E-state index is -0.0648. The van der Waals surface area contributed by atoms with E-state index in [1.807, 2.05) is 18.2 Å². The number of furan rings is 1. The quantitative estimate of drug-likeness (QED) is 0.900. The molecule has 6 heteroatoms. The molecule has 142 valence electrons. The smallest absolute Gasteiger partial charge is 0.257 e. The van der Waals surface area contributed by atoms with E-state index in [-0.39, 0.29) is 17.7 Å². The monoisotopic (exact) mass is 367 g/mol. The number of benzene rings is 1. The van der Waals surface area contributed by atoms with Gasteiger partial charge in [0.25, 0.3) is 5.91 Å². The van der Waals surface area contributed by atoms with Gasteiger partial charge < -0.3 is 19.5 Å². The summed E-state index contributed by atoms with van der Waals surface area (Å²) in [4.78, 5) is 29.3. The van der Waals surface area contributed by atoms with Crippen molar-refractivity contribution in [3.63, 3.8) is 0 Å². The molecule has 2 aliphatic rings. The average molecular weight is 367 g/mol. The van der Waals surface area contributed by atoms with Crippen molar-refractivity contribution >= 4 is 23.2 Å². The zero-order valence-electron chi connectivity index (χ0n) is 15.4. The van der Waals surface area contributed by atoms with Gasteiger partial charge >= 0.3 is 0 Å². The van der Waals surface area contributed by atoms with E-state index in [1.54, 1.807) is 11.0 Å². The average Bonchev–Trinajstić information content (AvgIpc) is 3.42. The molecule has 2 fully saturated rings. The third-order valence-corrected chi connectivity index (χ3v) is 5.53. The summed E-state index contributed by atoms with van der Waals surface area (Å²) in [5, 5.41) is 3.13. The van der Waals surface area contributed by atoms with E-state index in [2.05, 4.69) is 16.3 Å². The Bertz CT molecular complexity index is 789. The fourth-order valence-corrected chi connectivity index (χ4v) is 3.96. The number of hydrogen-bond acceptors (Lipinski definition) is 4. The molecule has 0 aliphatic carbocycles. The van der Waals surface area contributed by atoms with Gasteiger partial charge in [-0.1, -0.05) is 12.1 Å². The molecule has 1 aromatic carbocycles. The van der Waals surface area contributed by atoms with Crippen molar-refractivity contribution in [3.8, 4) is 0 Å². The van der Waals surface area contributed by atoms with Crippen LogP contribution in [0, 0.1) is 5.92 Å². The van der Waals surface area contributed by atoms with E-state index in [4.69, 9.17) is 4.42 Å². The summed E-state index contributed by atoms with van der Waals surface area (Å²) in [6, 6.07) is 9.71. The molecule has 2 aliphatic heterocycles. The SMILES string of the molecule is O=C(Nc1ccccc1N1CCCC1)C1CCN(C(=O)c2ccoc2)CC1. The minimum Gasteiger partial charge on any atom is -0.472 e. The summed E-state index contributed by atoms with van der Waals surface area (Å²) in [5.41, 5.74) is 2.56. The van der Waals surface area contributed by atoms with Gasteiger partial charge in [0.05, 0.1) is 23.2 Å². The zero-order chi connectivity index (χ0) is 18.6. The number of piperidine rings is 1. The number of para-hydroxylation sites is 2. The van der Waals surface area contributed by atoms with Crippen LogP contribution in [0.4, 0.5) is 11.4 Å². The van der Waals surface area contributed by atoms with E-state index < -0.39 is 0 Å². The lowest BCUT2D eigenvalue weighted by Crippen LogP contribution is -2.41.